The lowest BCUT2D eigenvalue weighted by molar-refractivity contribution is 0.0945. The molecular weight excluding hydrogens is 314 g/mol. The van der Waals surface area contributed by atoms with Crippen LogP contribution in [-0.2, 0) is 13.1 Å². The molecule has 0 unspecified atom stereocenters. The molecule has 25 heavy (non-hydrogen) atoms. The van der Waals surface area contributed by atoms with Crippen molar-refractivity contribution in [3.63, 3.8) is 0 Å². The molecule has 0 saturated heterocycles. The number of anilines is 1. The molecule has 6 heteroatoms. The lowest BCUT2D eigenvalue weighted by Gasteiger charge is -2.09. The molecule has 2 N–H and O–H groups in total. The van der Waals surface area contributed by atoms with Gasteiger partial charge in [0.1, 0.15) is 17.3 Å². The minimum absolute atomic E-state index is 0.251. The molecule has 0 spiro atoms. The second-order valence-electron chi connectivity index (χ2n) is 5.53. The Kier molecular flexibility index (Phi) is 5.31. The molecule has 2 aromatic heterocycles. The number of carbonyl (C=O) groups is 1. The van der Waals surface area contributed by atoms with E-state index in [4.69, 9.17) is 0 Å². The molecule has 0 aliphatic rings. The number of rotatable bonds is 6. The summed E-state index contributed by atoms with van der Waals surface area (Å²) in [5, 5.41) is 6.05. The van der Waals surface area contributed by atoms with E-state index in [2.05, 4.69) is 25.6 Å². The Balaban J connectivity index is 1.65. The van der Waals surface area contributed by atoms with Crippen molar-refractivity contribution in [3.8, 4) is 0 Å². The van der Waals surface area contributed by atoms with Crippen molar-refractivity contribution in [2.75, 3.05) is 5.32 Å². The Labute approximate surface area is 146 Å². The second-order valence-corrected chi connectivity index (χ2v) is 5.53. The van der Waals surface area contributed by atoms with Gasteiger partial charge in [0.05, 0.1) is 12.2 Å². The van der Waals surface area contributed by atoms with Gasteiger partial charge in [-0.3, -0.25) is 9.78 Å². The molecule has 3 rings (SSSR count). The molecule has 0 atom stereocenters. The van der Waals surface area contributed by atoms with E-state index >= 15 is 0 Å². The minimum Gasteiger partial charge on any atom is -0.366 e. The van der Waals surface area contributed by atoms with Crippen molar-refractivity contribution in [2.45, 2.75) is 20.0 Å². The van der Waals surface area contributed by atoms with Crippen molar-refractivity contribution < 1.29 is 4.79 Å². The predicted octanol–water partition coefficient (Wildman–Crippen LogP) is 2.72. The van der Waals surface area contributed by atoms with Crippen LogP contribution in [0.5, 0.6) is 0 Å². The van der Waals surface area contributed by atoms with Crippen LogP contribution in [0.4, 0.5) is 5.82 Å². The summed E-state index contributed by atoms with van der Waals surface area (Å²) in [6.07, 6.45) is 1.70. The zero-order valence-corrected chi connectivity index (χ0v) is 13.9. The maximum absolute atomic E-state index is 12.3. The molecule has 126 valence electrons. The van der Waals surface area contributed by atoms with Gasteiger partial charge in [-0.05, 0) is 24.6 Å². The van der Waals surface area contributed by atoms with Gasteiger partial charge in [0.2, 0.25) is 0 Å². The van der Waals surface area contributed by atoms with Crippen LogP contribution in [0.1, 0.15) is 27.6 Å². The maximum Gasteiger partial charge on any atom is 0.270 e. The van der Waals surface area contributed by atoms with Crippen LogP contribution in [-0.4, -0.2) is 20.9 Å². The van der Waals surface area contributed by atoms with Crippen molar-refractivity contribution in [3.05, 3.63) is 83.6 Å². The van der Waals surface area contributed by atoms with Crippen LogP contribution in [0.15, 0.2) is 60.8 Å². The summed E-state index contributed by atoms with van der Waals surface area (Å²) in [5.74, 6) is 0.916. The molecule has 2 heterocycles. The third kappa shape index (κ3) is 4.84. The van der Waals surface area contributed by atoms with E-state index in [0.717, 1.165) is 11.3 Å². The molecule has 0 aliphatic carbocycles. The summed E-state index contributed by atoms with van der Waals surface area (Å²) in [7, 11) is 0. The molecule has 0 fully saturated rings. The van der Waals surface area contributed by atoms with E-state index in [-0.39, 0.29) is 5.91 Å². The minimum atomic E-state index is -0.251. The van der Waals surface area contributed by atoms with E-state index in [0.29, 0.717) is 30.4 Å². The smallest absolute Gasteiger partial charge is 0.270 e. The van der Waals surface area contributed by atoms with E-state index < -0.39 is 0 Å². The van der Waals surface area contributed by atoms with E-state index in [1.165, 1.54) is 0 Å². The summed E-state index contributed by atoms with van der Waals surface area (Å²) in [5.41, 5.74) is 2.27. The van der Waals surface area contributed by atoms with Crippen LogP contribution in [0.25, 0.3) is 0 Å². The molecule has 0 radical (unpaired) electrons. The van der Waals surface area contributed by atoms with Gasteiger partial charge >= 0.3 is 0 Å². The molecule has 0 bridgehead atoms. The van der Waals surface area contributed by atoms with Gasteiger partial charge in [0.15, 0.2) is 0 Å². The Morgan fingerprint density at radius 3 is 2.56 bits per heavy atom. The fourth-order valence-corrected chi connectivity index (χ4v) is 2.33. The first-order valence-electron chi connectivity index (χ1n) is 8.02. The van der Waals surface area contributed by atoms with Gasteiger partial charge < -0.3 is 10.6 Å². The number of nitrogens with zero attached hydrogens (tertiary/aromatic N) is 3. The van der Waals surface area contributed by atoms with Crippen LogP contribution in [0.3, 0.4) is 0 Å². The summed E-state index contributed by atoms with van der Waals surface area (Å²) >= 11 is 0. The number of amides is 1. The number of benzene rings is 1. The molecule has 6 nitrogen and oxygen atoms in total. The van der Waals surface area contributed by atoms with Gasteiger partial charge in [0, 0.05) is 18.8 Å². The van der Waals surface area contributed by atoms with Gasteiger partial charge in [-0.15, -0.1) is 0 Å². The van der Waals surface area contributed by atoms with Gasteiger partial charge in [0.25, 0.3) is 5.91 Å². The quantitative estimate of drug-likeness (QED) is 0.725. The number of hydrogen-bond acceptors (Lipinski definition) is 5. The Morgan fingerprint density at radius 1 is 1.00 bits per heavy atom. The molecule has 1 amide bonds. The third-order valence-electron chi connectivity index (χ3n) is 3.54. The van der Waals surface area contributed by atoms with Gasteiger partial charge in [-0.25, -0.2) is 9.97 Å². The highest BCUT2D eigenvalue weighted by Gasteiger charge is 2.10. The fraction of sp³-hybridized carbons (Fsp3) is 0.158. The van der Waals surface area contributed by atoms with E-state index in [9.17, 15) is 4.79 Å². The van der Waals surface area contributed by atoms with Crippen molar-refractivity contribution in [2.24, 2.45) is 0 Å². The second kappa shape index (κ2) is 8.01. The van der Waals surface area contributed by atoms with E-state index in [1.54, 1.807) is 19.2 Å². The monoisotopic (exact) mass is 333 g/mol. The van der Waals surface area contributed by atoms with Gasteiger partial charge in [-0.1, -0.05) is 36.4 Å². The number of carbonyl (C=O) groups excluding carboxylic acids is 1. The predicted molar refractivity (Wildman–Crippen MR) is 95.9 cm³/mol. The average Bonchev–Trinajstić information content (AvgIpc) is 2.66. The average molecular weight is 333 g/mol. The van der Waals surface area contributed by atoms with Crippen molar-refractivity contribution >= 4 is 11.7 Å². The Bertz CT molecular complexity index is 837. The van der Waals surface area contributed by atoms with E-state index in [1.807, 2.05) is 48.5 Å². The molecule has 3 aromatic rings. The van der Waals surface area contributed by atoms with Crippen LogP contribution in [0, 0.1) is 6.92 Å². The highest BCUT2D eigenvalue weighted by atomic mass is 16.1. The topological polar surface area (TPSA) is 79.8 Å². The van der Waals surface area contributed by atoms with Crippen molar-refractivity contribution in [1.29, 1.82) is 0 Å². The molecule has 1 aromatic carbocycles. The summed E-state index contributed by atoms with van der Waals surface area (Å²) in [6.45, 7) is 2.75. The lowest BCUT2D eigenvalue weighted by atomic mass is 10.2. The van der Waals surface area contributed by atoms with Crippen LogP contribution >= 0.6 is 0 Å². The number of aryl methyl sites for hydroxylation is 1. The zero-order chi connectivity index (χ0) is 17.5. The molecule has 0 aliphatic heterocycles. The highest BCUT2D eigenvalue weighted by molar-refractivity contribution is 5.92. The standard InChI is InChI=1S/C19H19N5O/c1-14-23-17(19(25)22-13-16-9-5-6-10-20-16)11-18(24-14)21-12-15-7-3-2-4-8-15/h2-11H,12-13H2,1H3,(H,22,25)(H,21,23,24). The molecular formula is C19H19N5O. The number of aromatic nitrogens is 3. The van der Waals surface area contributed by atoms with Crippen molar-refractivity contribution in [1.82, 2.24) is 20.3 Å². The fourth-order valence-electron chi connectivity index (χ4n) is 2.33. The normalized spacial score (nSPS) is 10.3. The highest BCUT2D eigenvalue weighted by Crippen LogP contribution is 2.09. The third-order valence-corrected chi connectivity index (χ3v) is 3.54. The first-order valence-corrected chi connectivity index (χ1v) is 8.02. The number of nitrogens with one attached hydrogen (secondary N) is 2. The summed E-state index contributed by atoms with van der Waals surface area (Å²) in [6, 6.07) is 17.2. The Morgan fingerprint density at radius 2 is 1.80 bits per heavy atom. The SMILES string of the molecule is Cc1nc(NCc2ccccc2)cc(C(=O)NCc2ccccn2)n1. The number of pyridine rings is 1. The first-order chi connectivity index (χ1) is 12.2. The largest absolute Gasteiger partial charge is 0.366 e. The van der Waals surface area contributed by atoms with Gasteiger partial charge in [-0.2, -0.15) is 0 Å². The maximum atomic E-state index is 12.3. The molecule has 0 saturated carbocycles. The Hall–Kier alpha value is -3.28. The zero-order valence-electron chi connectivity index (χ0n) is 13.9. The van der Waals surface area contributed by atoms with Crippen LogP contribution in [0.2, 0.25) is 0 Å². The summed E-state index contributed by atoms with van der Waals surface area (Å²) in [4.78, 5) is 25.1. The lowest BCUT2D eigenvalue weighted by Crippen LogP contribution is -2.25. The summed E-state index contributed by atoms with van der Waals surface area (Å²) < 4.78 is 0. The number of hydrogen-bond donors (Lipinski definition) is 2. The first kappa shape index (κ1) is 16.6. The van der Waals surface area contributed by atoms with Crippen LogP contribution < -0.4 is 10.6 Å².